The highest BCUT2D eigenvalue weighted by atomic mass is 127. The van der Waals surface area contributed by atoms with E-state index in [4.69, 9.17) is 9.47 Å². The first kappa shape index (κ1) is 24.2. The number of halogens is 3. The van der Waals surface area contributed by atoms with Gasteiger partial charge in [0.05, 0.1) is 18.0 Å². The Bertz CT molecular complexity index is 1110. The van der Waals surface area contributed by atoms with Gasteiger partial charge in [-0.3, -0.25) is 0 Å². The number of rotatable bonds is 7. The van der Waals surface area contributed by atoms with E-state index >= 15 is 0 Å². The summed E-state index contributed by atoms with van der Waals surface area (Å²) in [5, 5.41) is 0. The summed E-state index contributed by atoms with van der Waals surface area (Å²) >= 11 is 6.94. The highest BCUT2D eigenvalue weighted by molar-refractivity contribution is 14.1. The van der Waals surface area contributed by atoms with Gasteiger partial charge in [0.1, 0.15) is 5.75 Å². The molecule has 2 nitrogen and oxygen atoms in total. The van der Waals surface area contributed by atoms with Gasteiger partial charge in [-0.2, -0.15) is 0 Å². The van der Waals surface area contributed by atoms with Gasteiger partial charge >= 0.3 is 0 Å². The van der Waals surface area contributed by atoms with Gasteiger partial charge < -0.3 is 9.47 Å². The topological polar surface area (TPSA) is 18.5 Å². The first-order valence-electron chi connectivity index (χ1n) is 9.93. The zero-order valence-electron chi connectivity index (χ0n) is 17.2. The molecule has 6 heteroatoms. The number of benzene rings is 4. The molecular weight excluding hydrogens is 757 g/mol. The minimum Gasteiger partial charge on any atom is -0.455 e. The minimum absolute atomic E-state index is 0.165. The molecule has 0 radical (unpaired) electrons. The van der Waals surface area contributed by atoms with Crippen LogP contribution < -0.4 is 9.47 Å². The van der Waals surface area contributed by atoms with Crippen LogP contribution >= 0.6 is 67.8 Å². The SMILES string of the molecule is CC(Oc1ccc([S+](c2ccccc2)c2ccccc2)cc1)Oc1c(I)cc(I)cc1I. The average molecular weight is 777 g/mol. The monoisotopic (exact) mass is 777 g/mol. The first-order valence-corrected chi connectivity index (χ1v) is 14.4. The molecule has 0 aliphatic rings. The molecule has 4 rings (SSSR count). The van der Waals surface area contributed by atoms with E-state index in [9.17, 15) is 0 Å². The highest BCUT2D eigenvalue weighted by Crippen LogP contribution is 2.33. The second kappa shape index (κ2) is 11.4. The minimum atomic E-state index is -0.399. The van der Waals surface area contributed by atoms with Crippen LogP contribution in [0.2, 0.25) is 0 Å². The largest absolute Gasteiger partial charge is 0.455 e. The third-order valence-electron chi connectivity index (χ3n) is 4.57. The Morgan fingerprint density at radius 2 is 1.09 bits per heavy atom. The molecule has 0 aliphatic carbocycles. The van der Waals surface area contributed by atoms with Gasteiger partial charge in [-0.1, -0.05) is 36.4 Å². The number of hydrogen-bond donors (Lipinski definition) is 0. The molecule has 0 N–H and O–H groups in total. The van der Waals surface area contributed by atoms with Crippen molar-refractivity contribution in [3.8, 4) is 11.5 Å². The van der Waals surface area contributed by atoms with Gasteiger partial charge in [0.15, 0.2) is 20.4 Å². The van der Waals surface area contributed by atoms with Crippen LogP contribution in [-0.4, -0.2) is 6.29 Å². The van der Waals surface area contributed by atoms with E-state index in [2.05, 4.69) is 153 Å². The summed E-state index contributed by atoms with van der Waals surface area (Å²) in [6.45, 7) is 1.93. The molecule has 1 atom stereocenters. The van der Waals surface area contributed by atoms with Crippen LogP contribution in [0.15, 0.2) is 112 Å². The Morgan fingerprint density at radius 3 is 1.59 bits per heavy atom. The standard InChI is InChI=1S/C26H20I3O2S/c1-18(31-26-24(28)16-19(27)17-25(26)29)30-20-12-14-23(15-13-20)32(21-8-4-2-5-9-21)22-10-6-3-7-11-22/h2-18H,1H3/q+1. The van der Waals surface area contributed by atoms with Crippen LogP contribution in [0.3, 0.4) is 0 Å². The van der Waals surface area contributed by atoms with Crippen LogP contribution in [0.4, 0.5) is 0 Å². The van der Waals surface area contributed by atoms with Gasteiger partial charge in [-0.05, 0) is 128 Å². The number of ether oxygens (including phenoxy) is 2. The summed E-state index contributed by atoms with van der Waals surface area (Å²) < 4.78 is 15.5. The Morgan fingerprint density at radius 1 is 0.625 bits per heavy atom. The molecule has 0 spiro atoms. The average Bonchev–Trinajstić information content (AvgIpc) is 2.79. The van der Waals surface area contributed by atoms with Crippen LogP contribution in [0.1, 0.15) is 6.92 Å². The van der Waals surface area contributed by atoms with E-state index in [1.807, 2.05) is 19.1 Å². The van der Waals surface area contributed by atoms with Crippen molar-refractivity contribution in [3.05, 3.63) is 108 Å². The lowest BCUT2D eigenvalue weighted by atomic mass is 10.3. The molecule has 0 bridgehead atoms. The smallest absolute Gasteiger partial charge is 0.238 e. The highest BCUT2D eigenvalue weighted by Gasteiger charge is 2.28. The molecule has 1 unspecified atom stereocenters. The van der Waals surface area contributed by atoms with Crippen LogP contribution in [0.5, 0.6) is 11.5 Å². The predicted octanol–water partition coefficient (Wildman–Crippen LogP) is 8.40. The number of hydrogen-bond acceptors (Lipinski definition) is 2. The maximum Gasteiger partial charge on any atom is 0.238 e. The fourth-order valence-electron chi connectivity index (χ4n) is 3.20. The normalized spacial score (nSPS) is 11.9. The van der Waals surface area contributed by atoms with E-state index in [1.165, 1.54) is 18.3 Å². The Kier molecular flexibility index (Phi) is 8.63. The summed E-state index contributed by atoms with van der Waals surface area (Å²) in [5.74, 6) is 1.66. The van der Waals surface area contributed by atoms with Gasteiger partial charge in [-0.15, -0.1) is 0 Å². The Labute approximate surface area is 232 Å². The molecule has 0 saturated heterocycles. The molecule has 0 aromatic heterocycles. The summed E-state index contributed by atoms with van der Waals surface area (Å²) in [5.41, 5.74) is 0. The third-order valence-corrected chi connectivity index (χ3v) is 9.02. The summed E-state index contributed by atoms with van der Waals surface area (Å²) in [6.07, 6.45) is -0.399. The van der Waals surface area contributed by atoms with Crippen molar-refractivity contribution in [3.63, 3.8) is 0 Å². The third kappa shape index (κ3) is 6.12. The van der Waals surface area contributed by atoms with Crippen LogP contribution in [-0.2, 0) is 10.9 Å². The van der Waals surface area contributed by atoms with Crippen molar-refractivity contribution in [2.24, 2.45) is 0 Å². The lowest BCUT2D eigenvalue weighted by Gasteiger charge is -2.19. The lowest BCUT2D eigenvalue weighted by Crippen LogP contribution is -2.20. The zero-order valence-corrected chi connectivity index (χ0v) is 24.5. The second-order valence-corrected chi connectivity index (χ2v) is 12.5. The maximum atomic E-state index is 6.11. The van der Waals surface area contributed by atoms with Crippen molar-refractivity contribution in [2.75, 3.05) is 0 Å². The van der Waals surface area contributed by atoms with Crippen LogP contribution in [0, 0.1) is 10.7 Å². The van der Waals surface area contributed by atoms with Crippen molar-refractivity contribution in [2.45, 2.75) is 27.9 Å². The van der Waals surface area contributed by atoms with Crippen molar-refractivity contribution in [1.82, 2.24) is 0 Å². The summed E-state index contributed by atoms with van der Waals surface area (Å²) in [4.78, 5) is 3.85. The van der Waals surface area contributed by atoms with E-state index in [0.29, 0.717) is 0 Å². The molecule has 0 amide bonds. The predicted molar refractivity (Wildman–Crippen MR) is 157 cm³/mol. The molecular formula is C26H20I3O2S+. The van der Waals surface area contributed by atoms with Crippen LogP contribution in [0.25, 0.3) is 0 Å². The van der Waals surface area contributed by atoms with E-state index < -0.39 is 6.29 Å². The first-order chi connectivity index (χ1) is 15.5. The molecule has 4 aromatic rings. The Hall–Kier alpha value is -0.980. The second-order valence-electron chi connectivity index (χ2n) is 6.91. The van der Waals surface area contributed by atoms with E-state index in [0.717, 1.165) is 18.6 Å². The van der Waals surface area contributed by atoms with Gasteiger partial charge in [0.25, 0.3) is 0 Å². The van der Waals surface area contributed by atoms with E-state index in [-0.39, 0.29) is 10.9 Å². The van der Waals surface area contributed by atoms with Crippen molar-refractivity contribution >= 4 is 78.7 Å². The molecule has 0 heterocycles. The van der Waals surface area contributed by atoms with E-state index in [1.54, 1.807) is 0 Å². The van der Waals surface area contributed by atoms with Crippen molar-refractivity contribution in [1.29, 1.82) is 0 Å². The summed E-state index contributed by atoms with van der Waals surface area (Å²) in [7, 11) is -0.165. The Balaban J connectivity index is 1.53. The quantitative estimate of drug-likeness (QED) is 0.107. The summed E-state index contributed by atoms with van der Waals surface area (Å²) in [6, 6.07) is 33.9. The molecule has 32 heavy (non-hydrogen) atoms. The zero-order chi connectivity index (χ0) is 22.5. The lowest BCUT2D eigenvalue weighted by molar-refractivity contribution is 0.0209. The molecule has 162 valence electrons. The molecule has 4 aromatic carbocycles. The molecule has 0 fully saturated rings. The van der Waals surface area contributed by atoms with Crippen molar-refractivity contribution < 1.29 is 9.47 Å². The molecule has 0 aliphatic heterocycles. The van der Waals surface area contributed by atoms with Gasteiger partial charge in [-0.25, -0.2) is 0 Å². The fraction of sp³-hybridized carbons (Fsp3) is 0.0769. The van der Waals surface area contributed by atoms with Gasteiger partial charge in [0.2, 0.25) is 6.29 Å². The maximum absolute atomic E-state index is 6.11. The fourth-order valence-corrected chi connectivity index (χ4v) is 9.12. The van der Waals surface area contributed by atoms with Gasteiger partial charge in [0, 0.05) is 10.5 Å². The molecule has 0 saturated carbocycles.